The van der Waals surface area contributed by atoms with E-state index in [2.05, 4.69) is 10.3 Å². The first-order chi connectivity index (χ1) is 12.2. The Bertz CT molecular complexity index is 908. The Morgan fingerprint density at radius 1 is 1.27 bits per heavy atom. The minimum Gasteiger partial charge on any atom is -0.480 e. The molecular weight excluding hydrogens is 358 g/mol. The third-order valence-electron chi connectivity index (χ3n) is 3.91. The highest BCUT2D eigenvalue weighted by Gasteiger charge is 2.31. The molecule has 1 aromatic carbocycles. The number of hydrogen-bond donors (Lipinski definition) is 2. The number of pyridine rings is 1. The van der Waals surface area contributed by atoms with Crippen molar-refractivity contribution in [2.75, 3.05) is 13.1 Å². The molecule has 0 aliphatic heterocycles. The molecule has 8 nitrogen and oxygen atoms in total. The second kappa shape index (κ2) is 8.24. The number of aromatic nitrogens is 1. The van der Waals surface area contributed by atoms with Gasteiger partial charge in [0.25, 0.3) is 0 Å². The van der Waals surface area contributed by atoms with Gasteiger partial charge in [0.05, 0.1) is 11.3 Å². The molecule has 1 atom stereocenters. The average molecular weight is 379 g/mol. The van der Waals surface area contributed by atoms with Crippen molar-refractivity contribution in [3.05, 3.63) is 42.1 Å². The standard InChI is InChI=1S/C17H21N3O5S/c1-12(17(22)23)20(10-9-18-13(2)21)26(24,25)11-15-6-3-5-14-7-4-8-19-16(14)15/h3-8,12H,9-11H2,1-2H3,(H,18,21)(H,22,23). The highest BCUT2D eigenvalue weighted by Crippen LogP contribution is 2.21. The first-order valence-electron chi connectivity index (χ1n) is 8.02. The van der Waals surface area contributed by atoms with E-state index in [0.29, 0.717) is 11.1 Å². The molecule has 0 saturated carbocycles. The van der Waals surface area contributed by atoms with Gasteiger partial charge in [-0.2, -0.15) is 4.31 Å². The monoisotopic (exact) mass is 379 g/mol. The Morgan fingerprint density at radius 2 is 1.96 bits per heavy atom. The number of rotatable bonds is 8. The molecule has 0 saturated heterocycles. The van der Waals surface area contributed by atoms with E-state index in [9.17, 15) is 23.1 Å². The number of hydrogen-bond acceptors (Lipinski definition) is 5. The van der Waals surface area contributed by atoms with Gasteiger partial charge in [-0.15, -0.1) is 0 Å². The van der Waals surface area contributed by atoms with E-state index in [1.807, 2.05) is 12.1 Å². The minimum absolute atomic E-state index is 0.0277. The third kappa shape index (κ3) is 4.77. The highest BCUT2D eigenvalue weighted by molar-refractivity contribution is 7.88. The van der Waals surface area contributed by atoms with Crippen molar-refractivity contribution in [2.45, 2.75) is 25.6 Å². The fourth-order valence-electron chi connectivity index (χ4n) is 2.60. The van der Waals surface area contributed by atoms with Gasteiger partial charge < -0.3 is 10.4 Å². The van der Waals surface area contributed by atoms with Crippen molar-refractivity contribution in [2.24, 2.45) is 0 Å². The van der Waals surface area contributed by atoms with Gasteiger partial charge in [0.15, 0.2) is 0 Å². The number of carboxylic acids is 1. The van der Waals surface area contributed by atoms with Crippen LogP contribution >= 0.6 is 0 Å². The lowest BCUT2D eigenvalue weighted by molar-refractivity contribution is -0.140. The normalized spacial score (nSPS) is 12.9. The van der Waals surface area contributed by atoms with E-state index in [1.54, 1.807) is 24.4 Å². The number of carbonyl (C=O) groups excluding carboxylic acids is 1. The number of benzene rings is 1. The molecule has 0 radical (unpaired) electrons. The summed E-state index contributed by atoms with van der Waals surface area (Å²) in [4.78, 5) is 26.6. The van der Waals surface area contributed by atoms with Gasteiger partial charge in [-0.1, -0.05) is 24.3 Å². The van der Waals surface area contributed by atoms with E-state index in [4.69, 9.17) is 0 Å². The van der Waals surface area contributed by atoms with Crippen LogP contribution in [0.1, 0.15) is 19.4 Å². The predicted molar refractivity (Wildman–Crippen MR) is 96.9 cm³/mol. The molecule has 1 amide bonds. The van der Waals surface area contributed by atoms with Crippen LogP contribution < -0.4 is 5.32 Å². The molecule has 0 spiro atoms. The van der Waals surface area contributed by atoms with Crippen LogP contribution in [0.5, 0.6) is 0 Å². The van der Waals surface area contributed by atoms with Gasteiger partial charge in [0.2, 0.25) is 15.9 Å². The topological polar surface area (TPSA) is 117 Å². The number of nitrogens with one attached hydrogen (secondary N) is 1. The largest absolute Gasteiger partial charge is 0.480 e. The van der Waals surface area contributed by atoms with Crippen molar-refractivity contribution in [3.8, 4) is 0 Å². The SMILES string of the molecule is CC(=O)NCCN(C(C)C(=O)O)S(=O)(=O)Cc1cccc2cccnc12. The summed E-state index contributed by atoms with van der Waals surface area (Å²) in [6.07, 6.45) is 1.58. The number of amides is 1. The number of fused-ring (bicyclic) bond motifs is 1. The lowest BCUT2D eigenvalue weighted by Gasteiger charge is -2.26. The molecule has 0 aliphatic rings. The maximum absolute atomic E-state index is 12.9. The molecule has 0 bridgehead atoms. The number of carboxylic acid groups (broad SMARTS) is 1. The van der Waals surface area contributed by atoms with E-state index in [-0.39, 0.29) is 24.7 Å². The Labute approximate surface area is 151 Å². The molecule has 1 heterocycles. The number of para-hydroxylation sites is 1. The molecular formula is C17H21N3O5S. The van der Waals surface area contributed by atoms with Gasteiger partial charge in [0, 0.05) is 31.6 Å². The summed E-state index contributed by atoms with van der Waals surface area (Å²) in [5.74, 6) is -1.95. The summed E-state index contributed by atoms with van der Waals surface area (Å²) in [7, 11) is -3.95. The van der Waals surface area contributed by atoms with Gasteiger partial charge in [-0.3, -0.25) is 14.6 Å². The van der Waals surface area contributed by atoms with Crippen LogP contribution in [0.15, 0.2) is 36.5 Å². The number of nitrogens with zero attached hydrogens (tertiary/aromatic N) is 2. The Kier molecular flexibility index (Phi) is 6.27. The highest BCUT2D eigenvalue weighted by atomic mass is 32.2. The van der Waals surface area contributed by atoms with Crippen LogP contribution in [0.3, 0.4) is 0 Å². The number of aliphatic carboxylic acids is 1. The van der Waals surface area contributed by atoms with E-state index >= 15 is 0 Å². The Balaban J connectivity index is 2.32. The fraction of sp³-hybridized carbons (Fsp3) is 0.353. The fourth-order valence-corrected chi connectivity index (χ4v) is 4.34. The van der Waals surface area contributed by atoms with Crippen LogP contribution in [-0.2, 0) is 25.4 Å². The summed E-state index contributed by atoms with van der Waals surface area (Å²) in [5.41, 5.74) is 1.05. The summed E-state index contributed by atoms with van der Waals surface area (Å²) in [6.45, 7) is 2.50. The second-order valence-corrected chi connectivity index (χ2v) is 7.78. The summed E-state index contributed by atoms with van der Waals surface area (Å²) >= 11 is 0. The molecule has 0 aliphatic carbocycles. The zero-order valence-corrected chi connectivity index (χ0v) is 15.4. The van der Waals surface area contributed by atoms with Crippen molar-refractivity contribution >= 4 is 32.8 Å². The summed E-state index contributed by atoms with van der Waals surface area (Å²) < 4.78 is 26.7. The van der Waals surface area contributed by atoms with Crippen LogP contribution in [0, 0.1) is 0 Å². The van der Waals surface area contributed by atoms with Crippen molar-refractivity contribution in [1.29, 1.82) is 0 Å². The van der Waals surface area contributed by atoms with E-state index in [1.165, 1.54) is 13.8 Å². The molecule has 1 unspecified atom stereocenters. The Morgan fingerprint density at radius 3 is 2.62 bits per heavy atom. The van der Waals surface area contributed by atoms with Gasteiger partial charge in [-0.05, 0) is 18.6 Å². The number of carbonyl (C=O) groups is 2. The number of sulfonamides is 1. The second-order valence-electron chi connectivity index (χ2n) is 5.86. The molecule has 9 heteroatoms. The molecule has 140 valence electrons. The lowest BCUT2D eigenvalue weighted by atomic mass is 10.1. The smallest absolute Gasteiger partial charge is 0.321 e. The maximum Gasteiger partial charge on any atom is 0.321 e. The first-order valence-corrected chi connectivity index (χ1v) is 9.62. The van der Waals surface area contributed by atoms with Gasteiger partial charge in [-0.25, -0.2) is 8.42 Å². The zero-order valence-electron chi connectivity index (χ0n) is 14.5. The molecule has 26 heavy (non-hydrogen) atoms. The maximum atomic E-state index is 12.9. The molecule has 2 rings (SSSR count). The minimum atomic E-state index is -3.95. The van der Waals surface area contributed by atoms with Crippen LogP contribution in [0.25, 0.3) is 10.9 Å². The molecule has 1 aromatic heterocycles. The van der Waals surface area contributed by atoms with Gasteiger partial charge >= 0.3 is 5.97 Å². The van der Waals surface area contributed by atoms with E-state index < -0.39 is 22.0 Å². The van der Waals surface area contributed by atoms with E-state index in [0.717, 1.165) is 9.69 Å². The predicted octanol–water partition coefficient (Wildman–Crippen LogP) is 0.976. The van der Waals surface area contributed by atoms with Crippen molar-refractivity contribution in [1.82, 2.24) is 14.6 Å². The van der Waals surface area contributed by atoms with Crippen LogP contribution in [-0.4, -0.2) is 53.8 Å². The molecule has 0 fully saturated rings. The summed E-state index contributed by atoms with van der Waals surface area (Å²) in [5, 5.41) is 12.5. The lowest BCUT2D eigenvalue weighted by Crippen LogP contribution is -2.47. The molecule has 2 aromatic rings. The quantitative estimate of drug-likeness (QED) is 0.706. The average Bonchev–Trinajstić information content (AvgIpc) is 2.57. The zero-order chi connectivity index (χ0) is 19.3. The van der Waals surface area contributed by atoms with Crippen molar-refractivity contribution in [3.63, 3.8) is 0 Å². The van der Waals surface area contributed by atoms with Gasteiger partial charge in [0.1, 0.15) is 6.04 Å². The first kappa shape index (κ1) is 19.8. The summed E-state index contributed by atoms with van der Waals surface area (Å²) in [6, 6.07) is 7.55. The van der Waals surface area contributed by atoms with Crippen LogP contribution in [0.4, 0.5) is 0 Å². The third-order valence-corrected chi connectivity index (χ3v) is 5.80. The van der Waals surface area contributed by atoms with Crippen molar-refractivity contribution < 1.29 is 23.1 Å². The Hall–Kier alpha value is -2.52. The van der Waals surface area contributed by atoms with Crippen LogP contribution in [0.2, 0.25) is 0 Å². The molecule has 2 N–H and O–H groups in total.